The number of hydrogen-bond donors (Lipinski definition) is 0. The summed E-state index contributed by atoms with van der Waals surface area (Å²) < 4.78 is 5.28. The van der Waals surface area contributed by atoms with Gasteiger partial charge in [-0.15, -0.1) is 0 Å². The van der Waals surface area contributed by atoms with Crippen LogP contribution in [0.25, 0.3) is 0 Å². The molecule has 0 aromatic carbocycles. The summed E-state index contributed by atoms with van der Waals surface area (Å²) in [7, 11) is 0. The van der Waals surface area contributed by atoms with E-state index >= 15 is 0 Å². The number of rotatable bonds is 1. The highest BCUT2D eigenvalue weighted by molar-refractivity contribution is 5.73. The largest absolute Gasteiger partial charge is 0.458 e. The van der Waals surface area contributed by atoms with Crippen LogP contribution >= 0.6 is 0 Å². The van der Waals surface area contributed by atoms with Crippen molar-refractivity contribution in [2.75, 3.05) is 13.1 Å². The average Bonchev–Trinajstić information content (AvgIpc) is 2.78. The van der Waals surface area contributed by atoms with Crippen LogP contribution in [0.2, 0.25) is 0 Å². The van der Waals surface area contributed by atoms with E-state index in [0.29, 0.717) is 18.4 Å². The van der Waals surface area contributed by atoms with Crippen molar-refractivity contribution >= 4 is 5.97 Å². The highest BCUT2D eigenvalue weighted by Gasteiger charge is 2.43. The molecule has 2 saturated heterocycles. The summed E-state index contributed by atoms with van der Waals surface area (Å²) in [5.41, 5.74) is 0. The number of likely N-dealkylation sites (tertiary alicyclic amines) is 1. The molecular weight excluding hydrogens is 202 g/mol. The number of ether oxygens (including phenoxy) is 1. The number of nitrogens with zero attached hydrogens (tertiary/aromatic N) is 1. The molecule has 16 heavy (non-hydrogen) atoms. The first-order valence-corrected chi connectivity index (χ1v) is 6.36. The standard InChI is InChI=1S/C13H19NO2/c1-9-4-6-14(7-5-9)11-2-3-12-10(11)8-13(15)16-12/h2-3,9-12H,4-8H2,1H3/t10-,11+,12+/m0/s1. The molecule has 0 N–H and O–H groups in total. The molecule has 0 amide bonds. The van der Waals surface area contributed by atoms with Crippen LogP contribution in [-0.2, 0) is 9.53 Å². The first-order chi connectivity index (χ1) is 7.74. The maximum atomic E-state index is 11.3. The van der Waals surface area contributed by atoms with Crippen LogP contribution in [0.15, 0.2) is 12.2 Å². The normalized spacial score (nSPS) is 40.1. The molecule has 3 heteroatoms. The lowest BCUT2D eigenvalue weighted by molar-refractivity contribution is -0.140. The van der Waals surface area contributed by atoms with Gasteiger partial charge in [0.1, 0.15) is 6.10 Å². The lowest BCUT2D eigenvalue weighted by atomic mass is 9.93. The molecule has 3 atom stereocenters. The highest BCUT2D eigenvalue weighted by Crippen LogP contribution is 2.36. The lowest BCUT2D eigenvalue weighted by Gasteiger charge is -2.36. The zero-order chi connectivity index (χ0) is 11.1. The van der Waals surface area contributed by atoms with E-state index in [9.17, 15) is 4.79 Å². The van der Waals surface area contributed by atoms with Gasteiger partial charge >= 0.3 is 5.97 Å². The molecule has 0 unspecified atom stereocenters. The Bertz CT molecular complexity index is 318. The third-order valence-electron chi connectivity index (χ3n) is 4.27. The zero-order valence-corrected chi connectivity index (χ0v) is 9.76. The second kappa shape index (κ2) is 3.88. The van der Waals surface area contributed by atoms with Gasteiger partial charge < -0.3 is 4.74 Å². The fourth-order valence-corrected chi connectivity index (χ4v) is 3.18. The van der Waals surface area contributed by atoms with Gasteiger partial charge in [-0.2, -0.15) is 0 Å². The number of fused-ring (bicyclic) bond motifs is 1. The molecule has 2 fully saturated rings. The Morgan fingerprint density at radius 3 is 2.81 bits per heavy atom. The van der Waals surface area contributed by atoms with E-state index in [4.69, 9.17) is 4.74 Å². The fraction of sp³-hybridized carbons (Fsp3) is 0.769. The van der Waals surface area contributed by atoms with Crippen molar-refractivity contribution in [1.82, 2.24) is 4.90 Å². The molecule has 0 saturated carbocycles. The van der Waals surface area contributed by atoms with E-state index in [1.807, 2.05) is 0 Å². The molecule has 1 aliphatic carbocycles. The highest BCUT2D eigenvalue weighted by atomic mass is 16.5. The van der Waals surface area contributed by atoms with E-state index in [-0.39, 0.29) is 12.1 Å². The second-order valence-corrected chi connectivity index (χ2v) is 5.42. The van der Waals surface area contributed by atoms with Gasteiger partial charge in [0, 0.05) is 12.0 Å². The Labute approximate surface area is 96.4 Å². The number of carbonyl (C=O) groups is 1. The molecule has 0 aromatic heterocycles. The van der Waals surface area contributed by atoms with Gasteiger partial charge in [0.05, 0.1) is 6.42 Å². The number of hydrogen-bond acceptors (Lipinski definition) is 3. The third kappa shape index (κ3) is 1.67. The van der Waals surface area contributed by atoms with Crippen LogP contribution in [0.5, 0.6) is 0 Å². The molecule has 0 spiro atoms. The van der Waals surface area contributed by atoms with Gasteiger partial charge in [-0.1, -0.05) is 13.0 Å². The van der Waals surface area contributed by atoms with Crippen molar-refractivity contribution in [2.45, 2.75) is 38.3 Å². The minimum absolute atomic E-state index is 0.0188. The summed E-state index contributed by atoms with van der Waals surface area (Å²) in [6.45, 7) is 4.67. The van der Waals surface area contributed by atoms with Crippen LogP contribution in [0.4, 0.5) is 0 Å². The predicted molar refractivity (Wildman–Crippen MR) is 60.9 cm³/mol. The van der Waals surface area contributed by atoms with E-state index in [1.54, 1.807) is 0 Å². The van der Waals surface area contributed by atoms with Crippen LogP contribution < -0.4 is 0 Å². The monoisotopic (exact) mass is 221 g/mol. The lowest BCUT2D eigenvalue weighted by Crippen LogP contribution is -2.43. The topological polar surface area (TPSA) is 29.5 Å². The van der Waals surface area contributed by atoms with E-state index in [2.05, 4.69) is 24.0 Å². The van der Waals surface area contributed by atoms with E-state index in [0.717, 1.165) is 5.92 Å². The third-order valence-corrected chi connectivity index (χ3v) is 4.27. The van der Waals surface area contributed by atoms with Gasteiger partial charge in [0.25, 0.3) is 0 Å². The summed E-state index contributed by atoms with van der Waals surface area (Å²) in [5.74, 6) is 1.23. The summed E-state index contributed by atoms with van der Waals surface area (Å²) in [4.78, 5) is 13.8. The van der Waals surface area contributed by atoms with Gasteiger partial charge in [-0.25, -0.2) is 0 Å². The molecule has 2 aliphatic heterocycles. The van der Waals surface area contributed by atoms with Crippen molar-refractivity contribution in [2.24, 2.45) is 11.8 Å². The van der Waals surface area contributed by atoms with Crippen LogP contribution in [0.1, 0.15) is 26.2 Å². The van der Waals surface area contributed by atoms with Gasteiger partial charge in [-0.3, -0.25) is 9.69 Å². The summed E-state index contributed by atoms with van der Waals surface area (Å²) >= 11 is 0. The molecule has 88 valence electrons. The minimum Gasteiger partial charge on any atom is -0.458 e. The maximum absolute atomic E-state index is 11.3. The molecule has 0 radical (unpaired) electrons. The molecule has 3 rings (SSSR count). The van der Waals surface area contributed by atoms with Crippen molar-refractivity contribution < 1.29 is 9.53 Å². The van der Waals surface area contributed by atoms with Crippen LogP contribution in [-0.4, -0.2) is 36.1 Å². The first-order valence-electron chi connectivity index (χ1n) is 6.36. The Morgan fingerprint density at radius 2 is 2.06 bits per heavy atom. The second-order valence-electron chi connectivity index (χ2n) is 5.42. The van der Waals surface area contributed by atoms with E-state index in [1.165, 1.54) is 25.9 Å². The zero-order valence-electron chi connectivity index (χ0n) is 9.76. The fourth-order valence-electron chi connectivity index (χ4n) is 3.18. The summed E-state index contributed by atoms with van der Waals surface area (Å²) in [6.07, 6.45) is 7.58. The molecule has 0 bridgehead atoms. The molecule has 2 heterocycles. The number of esters is 1. The van der Waals surface area contributed by atoms with Crippen molar-refractivity contribution in [3.05, 3.63) is 12.2 Å². The Balaban J connectivity index is 1.67. The molecule has 3 nitrogen and oxygen atoms in total. The first kappa shape index (κ1) is 10.3. The van der Waals surface area contributed by atoms with Crippen LogP contribution in [0, 0.1) is 11.8 Å². The van der Waals surface area contributed by atoms with Crippen molar-refractivity contribution in [3.63, 3.8) is 0 Å². The molecule has 0 aromatic rings. The summed E-state index contributed by atoms with van der Waals surface area (Å²) in [5, 5.41) is 0. The molecule has 3 aliphatic rings. The average molecular weight is 221 g/mol. The smallest absolute Gasteiger partial charge is 0.306 e. The Morgan fingerprint density at radius 1 is 1.31 bits per heavy atom. The molecular formula is C13H19NO2. The van der Waals surface area contributed by atoms with Crippen molar-refractivity contribution in [3.8, 4) is 0 Å². The van der Waals surface area contributed by atoms with Gasteiger partial charge in [-0.05, 0) is 37.9 Å². The van der Waals surface area contributed by atoms with Gasteiger partial charge in [0.2, 0.25) is 0 Å². The predicted octanol–water partition coefficient (Wildman–Crippen LogP) is 1.59. The Kier molecular flexibility index (Phi) is 2.51. The summed E-state index contributed by atoms with van der Waals surface area (Å²) in [6, 6.07) is 0.448. The van der Waals surface area contributed by atoms with E-state index < -0.39 is 0 Å². The number of piperidine rings is 1. The van der Waals surface area contributed by atoms with Gasteiger partial charge in [0.15, 0.2) is 0 Å². The Hall–Kier alpha value is -0.830. The quantitative estimate of drug-likeness (QED) is 0.497. The van der Waals surface area contributed by atoms with Crippen LogP contribution in [0.3, 0.4) is 0 Å². The number of carbonyl (C=O) groups excluding carboxylic acids is 1. The maximum Gasteiger partial charge on any atom is 0.306 e. The van der Waals surface area contributed by atoms with Crippen molar-refractivity contribution in [1.29, 1.82) is 0 Å². The minimum atomic E-state index is -0.0188. The SMILES string of the molecule is CC1CCN([C@@H]2C=C[C@H]3OC(=O)C[C@@H]23)CC1.